The van der Waals surface area contributed by atoms with Gasteiger partial charge in [0.05, 0.1) is 3.79 Å². The summed E-state index contributed by atoms with van der Waals surface area (Å²) in [5.74, 6) is 0.180. The van der Waals surface area contributed by atoms with E-state index in [-0.39, 0.29) is 5.89 Å². The first-order valence-corrected chi connectivity index (χ1v) is 8.84. The number of ether oxygens (including phenoxy) is 1. The number of nitrogens with zero attached hydrogens (tertiary/aromatic N) is 3. The number of halogens is 2. The van der Waals surface area contributed by atoms with Crippen molar-refractivity contribution < 1.29 is 14.1 Å². The normalized spacial score (nSPS) is 12.1. The maximum Gasteiger partial charge on any atom is 0.349 e. The van der Waals surface area contributed by atoms with Crippen LogP contribution in [0.4, 0.5) is 0 Å². The zero-order valence-electron chi connectivity index (χ0n) is 11.7. The molecule has 0 saturated carbocycles. The summed E-state index contributed by atoms with van der Waals surface area (Å²) in [5.41, 5.74) is 0.729. The molecule has 0 radical (unpaired) electrons. The molecule has 0 N–H and O–H groups in total. The van der Waals surface area contributed by atoms with Crippen molar-refractivity contribution in [1.29, 1.82) is 0 Å². The number of hydrogen-bond acceptors (Lipinski definition) is 7. The van der Waals surface area contributed by atoms with Crippen molar-refractivity contribution in [3.05, 3.63) is 49.6 Å². The maximum absolute atomic E-state index is 12.1. The third-order valence-electron chi connectivity index (χ3n) is 2.84. The van der Waals surface area contributed by atoms with Gasteiger partial charge < -0.3 is 9.26 Å². The second-order valence-corrected chi connectivity index (χ2v) is 7.70. The molecule has 3 rings (SSSR count). The summed E-state index contributed by atoms with van der Waals surface area (Å²) >= 11 is 7.96. The average Bonchev–Trinajstić information content (AvgIpc) is 3.16. The summed E-state index contributed by atoms with van der Waals surface area (Å²) in [7, 11) is 0. The molecular formula is C14H9Br2N3O3S. The molecule has 0 aromatic carbocycles. The predicted molar refractivity (Wildman–Crippen MR) is 91.1 cm³/mol. The van der Waals surface area contributed by atoms with E-state index in [0.717, 1.165) is 13.8 Å². The highest BCUT2D eigenvalue weighted by Crippen LogP contribution is 2.33. The molecule has 0 aliphatic heterocycles. The summed E-state index contributed by atoms with van der Waals surface area (Å²) in [6, 6.07) is 5.29. The summed E-state index contributed by atoms with van der Waals surface area (Å²) in [4.78, 5) is 20.8. The third kappa shape index (κ3) is 3.67. The van der Waals surface area contributed by atoms with Crippen LogP contribution >= 0.6 is 43.2 Å². The Labute approximate surface area is 152 Å². The van der Waals surface area contributed by atoms with Crippen LogP contribution in [0.5, 0.6) is 0 Å². The lowest BCUT2D eigenvalue weighted by Crippen LogP contribution is -2.08. The van der Waals surface area contributed by atoms with Gasteiger partial charge in [0.1, 0.15) is 4.88 Å². The van der Waals surface area contributed by atoms with Crippen LogP contribution in [0, 0.1) is 0 Å². The van der Waals surface area contributed by atoms with Gasteiger partial charge in [-0.3, -0.25) is 4.98 Å². The average molecular weight is 459 g/mol. The Morgan fingerprint density at radius 2 is 2.26 bits per heavy atom. The van der Waals surface area contributed by atoms with Crippen LogP contribution in [0.2, 0.25) is 0 Å². The van der Waals surface area contributed by atoms with Crippen molar-refractivity contribution in [3.8, 4) is 11.4 Å². The molecule has 6 nitrogen and oxygen atoms in total. The molecule has 0 saturated heterocycles. The zero-order valence-corrected chi connectivity index (χ0v) is 15.7. The molecule has 118 valence electrons. The molecule has 0 bridgehead atoms. The molecule has 0 amide bonds. The van der Waals surface area contributed by atoms with E-state index in [1.54, 1.807) is 31.5 Å². The second kappa shape index (κ2) is 6.90. The van der Waals surface area contributed by atoms with Gasteiger partial charge in [-0.25, -0.2) is 4.79 Å². The highest BCUT2D eigenvalue weighted by atomic mass is 79.9. The summed E-state index contributed by atoms with van der Waals surface area (Å²) in [6.07, 6.45) is 2.64. The number of thiophene rings is 1. The molecule has 1 unspecified atom stereocenters. The van der Waals surface area contributed by atoms with Crippen LogP contribution in [0.3, 0.4) is 0 Å². The molecule has 3 aromatic heterocycles. The molecule has 1 atom stereocenters. The topological polar surface area (TPSA) is 78.1 Å². The van der Waals surface area contributed by atoms with Crippen LogP contribution < -0.4 is 0 Å². The number of hydrogen-bond donors (Lipinski definition) is 0. The van der Waals surface area contributed by atoms with E-state index in [1.807, 2.05) is 6.07 Å². The van der Waals surface area contributed by atoms with Crippen molar-refractivity contribution in [2.24, 2.45) is 0 Å². The van der Waals surface area contributed by atoms with Crippen LogP contribution in [0.15, 0.2) is 43.4 Å². The van der Waals surface area contributed by atoms with E-state index in [0.29, 0.717) is 10.7 Å². The molecule has 3 aromatic rings. The van der Waals surface area contributed by atoms with Gasteiger partial charge in [-0.15, -0.1) is 11.3 Å². The first kappa shape index (κ1) is 16.3. The zero-order chi connectivity index (χ0) is 16.4. The van der Waals surface area contributed by atoms with Crippen molar-refractivity contribution in [1.82, 2.24) is 15.1 Å². The van der Waals surface area contributed by atoms with E-state index in [2.05, 4.69) is 47.0 Å². The van der Waals surface area contributed by atoms with Gasteiger partial charge in [-0.2, -0.15) is 4.98 Å². The first-order valence-electron chi connectivity index (χ1n) is 6.44. The van der Waals surface area contributed by atoms with Gasteiger partial charge in [-0.1, -0.05) is 5.16 Å². The highest BCUT2D eigenvalue weighted by molar-refractivity contribution is 9.13. The number of carbonyl (C=O) groups is 1. The molecule has 3 heterocycles. The number of rotatable bonds is 4. The lowest BCUT2D eigenvalue weighted by atomic mass is 10.3. The van der Waals surface area contributed by atoms with Gasteiger partial charge >= 0.3 is 5.97 Å². The van der Waals surface area contributed by atoms with E-state index >= 15 is 0 Å². The Morgan fingerprint density at radius 3 is 2.91 bits per heavy atom. The fraction of sp³-hybridized carbons (Fsp3) is 0.143. The third-order valence-corrected chi connectivity index (χ3v) is 6.08. The molecule has 23 heavy (non-hydrogen) atoms. The fourth-order valence-electron chi connectivity index (χ4n) is 1.73. The molecule has 0 aliphatic rings. The van der Waals surface area contributed by atoms with E-state index in [1.165, 1.54) is 11.3 Å². The van der Waals surface area contributed by atoms with Crippen molar-refractivity contribution >= 4 is 49.2 Å². The standard InChI is InChI=1S/C14H9Br2N3O3S/c1-7(21-14(20)10-5-9(15)11(16)23-10)13-18-12(19-22-13)8-3-2-4-17-6-8/h2-7H,1H3. The van der Waals surface area contributed by atoms with E-state index in [4.69, 9.17) is 9.26 Å². The van der Waals surface area contributed by atoms with Crippen LogP contribution in [-0.2, 0) is 4.74 Å². The lowest BCUT2D eigenvalue weighted by molar-refractivity contribution is 0.0271. The molecule has 0 aliphatic carbocycles. The maximum atomic E-state index is 12.1. The summed E-state index contributed by atoms with van der Waals surface area (Å²) in [6.45, 7) is 1.68. The van der Waals surface area contributed by atoms with E-state index in [9.17, 15) is 4.79 Å². The van der Waals surface area contributed by atoms with Crippen molar-refractivity contribution in [2.45, 2.75) is 13.0 Å². The van der Waals surface area contributed by atoms with Crippen LogP contribution in [0.1, 0.15) is 28.6 Å². The van der Waals surface area contributed by atoms with Crippen LogP contribution in [0.25, 0.3) is 11.4 Å². The summed E-state index contributed by atoms with van der Waals surface area (Å²) in [5, 5.41) is 3.88. The van der Waals surface area contributed by atoms with Gasteiger partial charge in [0.25, 0.3) is 5.89 Å². The minimum atomic E-state index is -0.653. The second-order valence-electron chi connectivity index (χ2n) is 4.48. The summed E-state index contributed by atoms with van der Waals surface area (Å²) < 4.78 is 12.2. The minimum Gasteiger partial charge on any atom is -0.448 e. The lowest BCUT2D eigenvalue weighted by Gasteiger charge is -2.07. The molecule has 9 heteroatoms. The monoisotopic (exact) mass is 457 g/mol. The van der Waals surface area contributed by atoms with Gasteiger partial charge in [0.15, 0.2) is 6.10 Å². The van der Waals surface area contributed by atoms with Crippen molar-refractivity contribution in [2.75, 3.05) is 0 Å². The Hall–Kier alpha value is -1.58. The Balaban J connectivity index is 1.72. The highest BCUT2D eigenvalue weighted by Gasteiger charge is 2.22. The predicted octanol–water partition coefficient (Wildman–Crippen LogP) is 4.64. The van der Waals surface area contributed by atoms with Gasteiger partial charge in [-0.05, 0) is 57.0 Å². The molecule has 0 spiro atoms. The van der Waals surface area contributed by atoms with E-state index < -0.39 is 12.1 Å². The van der Waals surface area contributed by atoms with Gasteiger partial charge in [0, 0.05) is 22.4 Å². The molecular weight excluding hydrogens is 450 g/mol. The number of aromatic nitrogens is 3. The quantitative estimate of drug-likeness (QED) is 0.530. The number of pyridine rings is 1. The van der Waals surface area contributed by atoms with Gasteiger partial charge in [0.2, 0.25) is 5.82 Å². The largest absolute Gasteiger partial charge is 0.448 e. The van der Waals surface area contributed by atoms with Crippen LogP contribution in [-0.4, -0.2) is 21.1 Å². The minimum absolute atomic E-state index is 0.229. The Morgan fingerprint density at radius 1 is 1.43 bits per heavy atom. The smallest absolute Gasteiger partial charge is 0.349 e. The molecule has 0 fully saturated rings. The number of esters is 1. The first-order chi connectivity index (χ1) is 11.0. The fourth-order valence-corrected chi connectivity index (χ4v) is 3.65. The SMILES string of the molecule is CC(OC(=O)c1cc(Br)c(Br)s1)c1nc(-c2cccnc2)no1. The Kier molecular flexibility index (Phi) is 4.88. The Bertz CT molecular complexity index is 815. The number of carbonyl (C=O) groups excluding carboxylic acids is 1. The van der Waals surface area contributed by atoms with Crippen molar-refractivity contribution in [3.63, 3.8) is 0 Å².